The maximum absolute atomic E-state index is 13.1. The first-order valence-corrected chi connectivity index (χ1v) is 7.15. The highest BCUT2D eigenvalue weighted by molar-refractivity contribution is 9.10. The second-order valence-corrected chi connectivity index (χ2v) is 5.30. The number of benzene rings is 1. The van der Waals surface area contributed by atoms with Crippen molar-refractivity contribution in [2.24, 2.45) is 0 Å². The first kappa shape index (κ1) is 15.8. The van der Waals surface area contributed by atoms with Gasteiger partial charge in [-0.3, -0.25) is 0 Å². The quantitative estimate of drug-likeness (QED) is 0.855. The number of alkyl halides is 3. The zero-order valence-electron chi connectivity index (χ0n) is 11.2. The number of rotatable bonds is 4. The van der Waals surface area contributed by atoms with Crippen LogP contribution in [0.4, 0.5) is 19.0 Å². The van der Waals surface area contributed by atoms with E-state index in [9.17, 15) is 13.2 Å². The van der Waals surface area contributed by atoms with Gasteiger partial charge in [0.15, 0.2) is 5.82 Å². The van der Waals surface area contributed by atoms with Gasteiger partial charge in [0.05, 0.1) is 5.56 Å². The van der Waals surface area contributed by atoms with E-state index in [0.717, 1.165) is 12.5 Å². The number of aromatic nitrogens is 2. The van der Waals surface area contributed by atoms with E-state index in [1.54, 1.807) is 12.1 Å². The Labute approximate surface area is 128 Å². The molecule has 0 saturated heterocycles. The van der Waals surface area contributed by atoms with Crippen molar-refractivity contribution >= 4 is 21.7 Å². The first-order valence-electron chi connectivity index (χ1n) is 6.36. The summed E-state index contributed by atoms with van der Waals surface area (Å²) in [6, 6.07) is 5.57. The van der Waals surface area contributed by atoms with Crippen molar-refractivity contribution in [3.05, 3.63) is 40.5 Å². The lowest BCUT2D eigenvalue weighted by Crippen LogP contribution is -2.09. The molecule has 1 aromatic heterocycles. The number of hydrogen-bond acceptors (Lipinski definition) is 3. The van der Waals surface area contributed by atoms with Crippen molar-refractivity contribution in [2.45, 2.75) is 19.5 Å². The molecule has 0 unspecified atom stereocenters. The topological polar surface area (TPSA) is 37.8 Å². The minimum atomic E-state index is -4.46. The fraction of sp³-hybridized carbons (Fsp3) is 0.286. The van der Waals surface area contributed by atoms with Crippen LogP contribution in [0.3, 0.4) is 0 Å². The smallest absolute Gasteiger partial charge is 0.370 e. The highest BCUT2D eigenvalue weighted by Crippen LogP contribution is 2.37. The van der Waals surface area contributed by atoms with Crippen LogP contribution in [0.2, 0.25) is 0 Å². The Morgan fingerprint density at radius 2 is 2.00 bits per heavy atom. The maximum atomic E-state index is 13.1. The fourth-order valence-corrected chi connectivity index (χ4v) is 2.15. The molecule has 0 saturated carbocycles. The summed E-state index contributed by atoms with van der Waals surface area (Å²) in [6.07, 6.45) is -2.12. The largest absolute Gasteiger partial charge is 0.417 e. The van der Waals surface area contributed by atoms with Gasteiger partial charge in [-0.2, -0.15) is 13.2 Å². The van der Waals surface area contributed by atoms with Crippen molar-refractivity contribution in [2.75, 3.05) is 11.9 Å². The molecule has 1 aromatic carbocycles. The Kier molecular flexibility index (Phi) is 4.82. The van der Waals surface area contributed by atoms with Crippen LogP contribution in [0.1, 0.15) is 18.9 Å². The zero-order chi connectivity index (χ0) is 15.5. The molecule has 0 amide bonds. The molecule has 7 heteroatoms. The minimum Gasteiger partial charge on any atom is -0.370 e. The van der Waals surface area contributed by atoms with E-state index in [2.05, 4.69) is 31.2 Å². The van der Waals surface area contributed by atoms with Crippen LogP contribution >= 0.6 is 15.9 Å². The summed E-state index contributed by atoms with van der Waals surface area (Å²) in [5.74, 6) is 0.564. The summed E-state index contributed by atoms with van der Waals surface area (Å²) >= 11 is 3.06. The van der Waals surface area contributed by atoms with Crippen molar-refractivity contribution in [3.63, 3.8) is 0 Å². The molecule has 2 rings (SSSR count). The van der Waals surface area contributed by atoms with Gasteiger partial charge >= 0.3 is 6.18 Å². The second-order valence-electron chi connectivity index (χ2n) is 4.38. The average Bonchev–Trinajstić information content (AvgIpc) is 2.44. The van der Waals surface area contributed by atoms with Crippen molar-refractivity contribution in [1.82, 2.24) is 9.97 Å². The van der Waals surface area contributed by atoms with E-state index in [1.807, 2.05) is 6.92 Å². The lowest BCUT2D eigenvalue weighted by atomic mass is 10.1. The Balaban J connectivity index is 2.47. The standard InChI is InChI=1S/C14H13BrF3N3/c1-2-6-19-12-5-7-20-13(21-12)10-4-3-9(15)8-11(10)14(16,17)18/h3-5,7-8H,2,6H2,1H3,(H,19,20,21). The molecule has 21 heavy (non-hydrogen) atoms. The van der Waals surface area contributed by atoms with Crippen LogP contribution in [0.5, 0.6) is 0 Å². The van der Waals surface area contributed by atoms with Crippen LogP contribution in [0.25, 0.3) is 11.4 Å². The van der Waals surface area contributed by atoms with Crippen molar-refractivity contribution < 1.29 is 13.2 Å². The zero-order valence-corrected chi connectivity index (χ0v) is 12.8. The van der Waals surface area contributed by atoms with Gasteiger partial charge in [-0.15, -0.1) is 0 Å². The molecule has 2 aromatic rings. The monoisotopic (exact) mass is 359 g/mol. The van der Waals surface area contributed by atoms with E-state index >= 15 is 0 Å². The molecule has 3 nitrogen and oxygen atoms in total. The minimum absolute atomic E-state index is 0.0363. The fourth-order valence-electron chi connectivity index (χ4n) is 1.79. The molecule has 0 spiro atoms. The van der Waals surface area contributed by atoms with E-state index in [-0.39, 0.29) is 11.4 Å². The predicted octanol–water partition coefficient (Wildman–Crippen LogP) is 4.75. The Morgan fingerprint density at radius 3 is 2.67 bits per heavy atom. The van der Waals surface area contributed by atoms with E-state index in [0.29, 0.717) is 16.8 Å². The number of hydrogen-bond donors (Lipinski definition) is 1. The van der Waals surface area contributed by atoms with Gasteiger partial charge < -0.3 is 5.32 Å². The summed E-state index contributed by atoms with van der Waals surface area (Å²) in [6.45, 7) is 2.69. The Hall–Kier alpha value is -1.63. The van der Waals surface area contributed by atoms with Crippen LogP contribution in [0, 0.1) is 0 Å². The van der Waals surface area contributed by atoms with E-state index in [1.165, 1.54) is 12.3 Å². The first-order chi connectivity index (χ1) is 9.91. The lowest BCUT2D eigenvalue weighted by molar-refractivity contribution is -0.137. The van der Waals surface area contributed by atoms with E-state index < -0.39 is 11.7 Å². The molecular formula is C14H13BrF3N3. The number of halogens is 4. The molecule has 0 fully saturated rings. The molecule has 112 valence electrons. The Bertz CT molecular complexity index is 629. The third-order valence-corrected chi connectivity index (χ3v) is 3.23. The van der Waals surface area contributed by atoms with Gasteiger partial charge in [-0.25, -0.2) is 9.97 Å². The third-order valence-electron chi connectivity index (χ3n) is 2.74. The number of nitrogens with one attached hydrogen (secondary N) is 1. The van der Waals surface area contributed by atoms with Crippen LogP contribution < -0.4 is 5.32 Å². The van der Waals surface area contributed by atoms with Crippen molar-refractivity contribution in [1.29, 1.82) is 0 Å². The number of anilines is 1. The summed E-state index contributed by atoms with van der Waals surface area (Å²) in [4.78, 5) is 8.10. The third kappa shape index (κ3) is 3.93. The summed E-state index contributed by atoms with van der Waals surface area (Å²) in [5.41, 5.74) is -0.796. The van der Waals surface area contributed by atoms with Gasteiger partial charge in [0.1, 0.15) is 5.82 Å². The normalized spacial score (nSPS) is 11.5. The summed E-state index contributed by atoms with van der Waals surface area (Å²) < 4.78 is 39.7. The van der Waals surface area contributed by atoms with Crippen LogP contribution in [-0.2, 0) is 6.18 Å². The van der Waals surface area contributed by atoms with E-state index in [4.69, 9.17) is 0 Å². The summed E-state index contributed by atoms with van der Waals surface area (Å²) in [5, 5.41) is 3.03. The SMILES string of the molecule is CCCNc1ccnc(-c2ccc(Br)cc2C(F)(F)F)n1. The van der Waals surface area contributed by atoms with Gasteiger partial charge in [0.25, 0.3) is 0 Å². The van der Waals surface area contributed by atoms with Crippen molar-refractivity contribution in [3.8, 4) is 11.4 Å². The highest BCUT2D eigenvalue weighted by atomic mass is 79.9. The Morgan fingerprint density at radius 1 is 1.24 bits per heavy atom. The molecule has 0 aliphatic rings. The second kappa shape index (κ2) is 6.43. The molecule has 1 N–H and O–H groups in total. The average molecular weight is 360 g/mol. The molecule has 0 radical (unpaired) electrons. The van der Waals surface area contributed by atoms with Crippen LogP contribution in [0.15, 0.2) is 34.9 Å². The van der Waals surface area contributed by atoms with Gasteiger partial charge in [0.2, 0.25) is 0 Å². The predicted molar refractivity (Wildman–Crippen MR) is 79.0 cm³/mol. The molecule has 0 aliphatic carbocycles. The molecular weight excluding hydrogens is 347 g/mol. The molecule has 0 aliphatic heterocycles. The van der Waals surface area contributed by atoms with Gasteiger partial charge in [0, 0.05) is 22.8 Å². The number of nitrogens with zero attached hydrogens (tertiary/aromatic N) is 2. The molecule has 0 bridgehead atoms. The van der Waals surface area contributed by atoms with Gasteiger partial charge in [-0.05, 0) is 30.7 Å². The molecule has 0 atom stereocenters. The lowest BCUT2D eigenvalue weighted by Gasteiger charge is -2.13. The van der Waals surface area contributed by atoms with Gasteiger partial charge in [-0.1, -0.05) is 22.9 Å². The summed E-state index contributed by atoms with van der Waals surface area (Å²) in [7, 11) is 0. The molecule has 1 heterocycles. The van der Waals surface area contributed by atoms with Crippen LogP contribution in [-0.4, -0.2) is 16.5 Å². The maximum Gasteiger partial charge on any atom is 0.417 e. The highest BCUT2D eigenvalue weighted by Gasteiger charge is 2.34.